The summed E-state index contributed by atoms with van der Waals surface area (Å²) in [5.41, 5.74) is 0. The maximum Gasteiger partial charge on any atom is 0.201 e. The number of nitrogens with one attached hydrogen (secondary N) is 1. The van der Waals surface area contributed by atoms with Gasteiger partial charge in [-0.15, -0.1) is 22.6 Å². The van der Waals surface area contributed by atoms with Crippen molar-refractivity contribution in [1.29, 1.82) is 0 Å². The van der Waals surface area contributed by atoms with Crippen molar-refractivity contribution < 1.29 is 8.42 Å². The Kier molecular flexibility index (Phi) is 5.12. The molecule has 1 aliphatic heterocycles. The van der Waals surface area contributed by atoms with E-state index in [4.69, 9.17) is 11.6 Å². The maximum absolute atomic E-state index is 12.1. The van der Waals surface area contributed by atoms with Gasteiger partial charge in [-0.3, -0.25) is 0 Å². The van der Waals surface area contributed by atoms with Gasteiger partial charge in [0.05, 0.1) is 5.25 Å². The molecule has 8 heteroatoms. The summed E-state index contributed by atoms with van der Waals surface area (Å²) >= 11 is 5.57. The SMILES string of the molecule is Cl.O=S(=O)(c1ccc(Cl)nn1)C1CCCNC1. The first kappa shape index (κ1) is 14.6. The summed E-state index contributed by atoms with van der Waals surface area (Å²) in [6, 6.07) is 2.84. The van der Waals surface area contributed by atoms with Crippen LogP contribution in [0.3, 0.4) is 0 Å². The van der Waals surface area contributed by atoms with Crippen molar-refractivity contribution in [3.8, 4) is 0 Å². The molecule has 0 spiro atoms. The number of hydrogen-bond donors (Lipinski definition) is 1. The van der Waals surface area contributed by atoms with Gasteiger partial charge in [-0.25, -0.2) is 8.42 Å². The molecule has 0 amide bonds. The van der Waals surface area contributed by atoms with E-state index in [0.29, 0.717) is 13.0 Å². The summed E-state index contributed by atoms with van der Waals surface area (Å²) in [6.07, 6.45) is 1.53. The van der Waals surface area contributed by atoms with Crippen molar-refractivity contribution in [3.05, 3.63) is 17.3 Å². The molecule has 2 heterocycles. The molecule has 0 radical (unpaired) electrons. The van der Waals surface area contributed by atoms with Gasteiger partial charge in [0.25, 0.3) is 0 Å². The average molecular weight is 298 g/mol. The zero-order valence-electron chi connectivity index (χ0n) is 8.97. The molecule has 1 aromatic rings. The van der Waals surface area contributed by atoms with E-state index >= 15 is 0 Å². The summed E-state index contributed by atoms with van der Waals surface area (Å²) in [5, 5.41) is 10.0. The molecule has 0 aromatic carbocycles. The lowest BCUT2D eigenvalue weighted by molar-refractivity contribution is 0.494. The number of sulfone groups is 1. The Morgan fingerprint density at radius 2 is 2.12 bits per heavy atom. The van der Waals surface area contributed by atoms with Crippen molar-refractivity contribution in [3.63, 3.8) is 0 Å². The highest BCUT2D eigenvalue weighted by atomic mass is 35.5. The number of nitrogens with zero attached hydrogens (tertiary/aromatic N) is 2. The Balaban J connectivity index is 0.00000144. The number of halogens is 2. The van der Waals surface area contributed by atoms with Crippen LogP contribution in [0.1, 0.15) is 12.8 Å². The Morgan fingerprint density at radius 3 is 2.65 bits per heavy atom. The molecule has 1 aromatic heterocycles. The second-order valence-electron chi connectivity index (χ2n) is 3.71. The van der Waals surface area contributed by atoms with Crippen molar-refractivity contribution in [1.82, 2.24) is 15.5 Å². The average Bonchev–Trinajstić information content (AvgIpc) is 2.31. The standard InChI is InChI=1S/C9H12ClN3O2S.ClH/c10-8-3-4-9(13-12-8)16(14,15)7-2-1-5-11-6-7;/h3-4,7,11H,1-2,5-6H2;1H. The van der Waals surface area contributed by atoms with E-state index < -0.39 is 15.1 Å². The quantitative estimate of drug-likeness (QED) is 0.884. The second kappa shape index (κ2) is 5.95. The minimum absolute atomic E-state index is 0. The molecule has 0 bridgehead atoms. The van der Waals surface area contributed by atoms with Crippen LogP contribution in [0.4, 0.5) is 0 Å². The lowest BCUT2D eigenvalue weighted by Gasteiger charge is -2.21. The topological polar surface area (TPSA) is 72.0 Å². The van der Waals surface area contributed by atoms with E-state index in [9.17, 15) is 8.42 Å². The van der Waals surface area contributed by atoms with E-state index in [1.807, 2.05) is 0 Å². The first-order chi connectivity index (χ1) is 7.60. The summed E-state index contributed by atoms with van der Waals surface area (Å²) in [5.74, 6) is 0. The van der Waals surface area contributed by atoms with Crippen LogP contribution in [0.25, 0.3) is 0 Å². The lowest BCUT2D eigenvalue weighted by Crippen LogP contribution is -2.39. The highest BCUT2D eigenvalue weighted by molar-refractivity contribution is 7.92. The first-order valence-electron chi connectivity index (χ1n) is 5.04. The van der Waals surface area contributed by atoms with Crippen LogP contribution in [0, 0.1) is 0 Å². The van der Waals surface area contributed by atoms with Crippen molar-refractivity contribution in [2.24, 2.45) is 0 Å². The lowest BCUT2D eigenvalue weighted by atomic mass is 10.2. The van der Waals surface area contributed by atoms with E-state index in [2.05, 4.69) is 15.5 Å². The molecule has 0 saturated carbocycles. The van der Waals surface area contributed by atoms with Gasteiger partial charge in [-0.2, -0.15) is 0 Å². The van der Waals surface area contributed by atoms with Gasteiger partial charge in [-0.1, -0.05) is 11.6 Å². The molecule has 5 nitrogen and oxygen atoms in total. The van der Waals surface area contributed by atoms with Crippen molar-refractivity contribution in [2.75, 3.05) is 13.1 Å². The van der Waals surface area contributed by atoms with Crippen molar-refractivity contribution in [2.45, 2.75) is 23.1 Å². The minimum Gasteiger partial charge on any atom is -0.315 e. The van der Waals surface area contributed by atoms with Crippen LogP contribution in [0.5, 0.6) is 0 Å². The van der Waals surface area contributed by atoms with Gasteiger partial charge in [0.15, 0.2) is 10.2 Å². The smallest absolute Gasteiger partial charge is 0.201 e. The molecular formula is C9H13Cl2N3O2S. The molecule has 1 fully saturated rings. The van der Waals surface area contributed by atoms with Crippen LogP contribution in [0.2, 0.25) is 5.15 Å². The summed E-state index contributed by atoms with van der Waals surface area (Å²) in [4.78, 5) is 0. The molecule has 96 valence electrons. The third-order valence-corrected chi connectivity index (χ3v) is 4.87. The monoisotopic (exact) mass is 297 g/mol. The van der Waals surface area contributed by atoms with Crippen LogP contribution >= 0.6 is 24.0 Å². The Labute approximate surface area is 111 Å². The van der Waals surface area contributed by atoms with E-state index in [1.54, 1.807) is 0 Å². The number of hydrogen-bond acceptors (Lipinski definition) is 5. The zero-order chi connectivity index (χ0) is 11.6. The fourth-order valence-electron chi connectivity index (χ4n) is 1.71. The number of rotatable bonds is 2. The van der Waals surface area contributed by atoms with Gasteiger partial charge >= 0.3 is 0 Å². The molecule has 1 atom stereocenters. The predicted molar refractivity (Wildman–Crippen MR) is 67.4 cm³/mol. The van der Waals surface area contributed by atoms with Crippen LogP contribution in [0.15, 0.2) is 17.2 Å². The molecule has 1 N–H and O–H groups in total. The summed E-state index contributed by atoms with van der Waals surface area (Å²) < 4.78 is 24.2. The zero-order valence-corrected chi connectivity index (χ0v) is 11.4. The first-order valence-corrected chi connectivity index (χ1v) is 6.97. The van der Waals surface area contributed by atoms with Gasteiger partial charge in [0, 0.05) is 6.54 Å². The fraction of sp³-hybridized carbons (Fsp3) is 0.556. The molecule has 1 unspecified atom stereocenters. The number of piperidine rings is 1. The normalized spacial score (nSPS) is 20.6. The van der Waals surface area contributed by atoms with Gasteiger partial charge < -0.3 is 5.32 Å². The maximum atomic E-state index is 12.1. The molecule has 0 aliphatic carbocycles. The number of aromatic nitrogens is 2. The Hall–Kier alpha value is -0.430. The van der Waals surface area contributed by atoms with Crippen LogP contribution in [-0.4, -0.2) is 37.0 Å². The summed E-state index contributed by atoms with van der Waals surface area (Å²) in [7, 11) is -3.37. The molecule has 1 aliphatic rings. The third kappa shape index (κ3) is 3.28. The molecular weight excluding hydrogens is 285 g/mol. The fourth-order valence-corrected chi connectivity index (χ4v) is 3.38. The van der Waals surface area contributed by atoms with E-state index in [0.717, 1.165) is 13.0 Å². The van der Waals surface area contributed by atoms with Crippen LogP contribution < -0.4 is 5.32 Å². The highest BCUT2D eigenvalue weighted by Crippen LogP contribution is 2.19. The van der Waals surface area contributed by atoms with Gasteiger partial charge in [0.1, 0.15) is 0 Å². The molecule has 1 saturated heterocycles. The van der Waals surface area contributed by atoms with Gasteiger partial charge in [-0.05, 0) is 31.5 Å². The van der Waals surface area contributed by atoms with Crippen LogP contribution in [-0.2, 0) is 9.84 Å². The molecule has 2 rings (SSSR count). The Morgan fingerprint density at radius 1 is 1.35 bits per heavy atom. The van der Waals surface area contributed by atoms with Crippen molar-refractivity contribution >= 4 is 33.8 Å². The summed E-state index contributed by atoms with van der Waals surface area (Å²) in [6.45, 7) is 1.35. The van der Waals surface area contributed by atoms with E-state index in [-0.39, 0.29) is 22.6 Å². The third-order valence-electron chi connectivity index (χ3n) is 2.59. The highest BCUT2D eigenvalue weighted by Gasteiger charge is 2.30. The molecule has 17 heavy (non-hydrogen) atoms. The minimum atomic E-state index is -3.37. The Bertz CT molecular complexity index is 458. The second-order valence-corrected chi connectivity index (χ2v) is 6.27. The van der Waals surface area contributed by atoms with Gasteiger partial charge in [0.2, 0.25) is 9.84 Å². The predicted octanol–water partition coefficient (Wildman–Crippen LogP) is 1.08. The largest absolute Gasteiger partial charge is 0.315 e. The van der Waals surface area contributed by atoms with E-state index in [1.165, 1.54) is 12.1 Å².